The number of anilines is 1. The molecular formula is C27H25N5O5S. The fourth-order valence-corrected chi connectivity index (χ4v) is 4.87. The van der Waals surface area contributed by atoms with Crippen LogP contribution in [0.4, 0.5) is 11.4 Å². The van der Waals surface area contributed by atoms with E-state index in [1.165, 1.54) is 4.90 Å². The Labute approximate surface area is 223 Å². The SMILES string of the molecule is COc1cccc(NC(=O)CSC2=Nc3ccccc3C3=N[C@H](CCC(=O)NCc4ccco4)C(=O)N23)c1. The molecule has 1 aromatic heterocycles. The topological polar surface area (TPSA) is 126 Å². The highest BCUT2D eigenvalue weighted by molar-refractivity contribution is 8.14. The molecule has 0 radical (unpaired) electrons. The van der Waals surface area contributed by atoms with Crippen molar-refractivity contribution in [3.8, 4) is 5.75 Å². The number of fused-ring (bicyclic) bond motifs is 3. The molecule has 3 aromatic rings. The molecule has 194 valence electrons. The predicted molar refractivity (Wildman–Crippen MR) is 145 cm³/mol. The van der Waals surface area contributed by atoms with Crippen LogP contribution in [-0.2, 0) is 20.9 Å². The molecular weight excluding hydrogens is 506 g/mol. The van der Waals surface area contributed by atoms with Crippen molar-refractivity contribution in [3.05, 3.63) is 78.3 Å². The van der Waals surface area contributed by atoms with E-state index < -0.39 is 6.04 Å². The Morgan fingerprint density at radius 3 is 2.79 bits per heavy atom. The van der Waals surface area contributed by atoms with Crippen molar-refractivity contribution >= 4 is 51.9 Å². The summed E-state index contributed by atoms with van der Waals surface area (Å²) in [5, 5.41) is 5.99. The lowest BCUT2D eigenvalue weighted by Gasteiger charge is -2.25. The average molecular weight is 532 g/mol. The summed E-state index contributed by atoms with van der Waals surface area (Å²) >= 11 is 1.15. The number of nitrogens with one attached hydrogen (secondary N) is 2. The quantitative estimate of drug-likeness (QED) is 0.434. The largest absolute Gasteiger partial charge is 0.497 e. The molecule has 3 amide bonds. The molecule has 0 bridgehead atoms. The summed E-state index contributed by atoms with van der Waals surface area (Å²) in [4.78, 5) is 49.1. The van der Waals surface area contributed by atoms with Crippen LogP contribution in [0.3, 0.4) is 0 Å². The maximum atomic E-state index is 13.4. The van der Waals surface area contributed by atoms with Gasteiger partial charge in [0.2, 0.25) is 11.8 Å². The lowest BCUT2D eigenvalue weighted by atomic mass is 10.1. The lowest BCUT2D eigenvalue weighted by Crippen LogP contribution is -2.41. The van der Waals surface area contributed by atoms with Crippen LogP contribution < -0.4 is 15.4 Å². The Morgan fingerprint density at radius 1 is 1.11 bits per heavy atom. The second-order valence-corrected chi connectivity index (χ2v) is 9.46. The highest BCUT2D eigenvalue weighted by Gasteiger charge is 2.41. The normalized spacial score (nSPS) is 15.8. The van der Waals surface area contributed by atoms with E-state index >= 15 is 0 Å². The minimum absolute atomic E-state index is 0.0368. The number of hydrogen-bond acceptors (Lipinski definition) is 8. The number of para-hydroxylation sites is 1. The zero-order valence-corrected chi connectivity index (χ0v) is 21.4. The third kappa shape index (κ3) is 5.62. The van der Waals surface area contributed by atoms with Crippen molar-refractivity contribution in [1.82, 2.24) is 10.2 Å². The zero-order valence-electron chi connectivity index (χ0n) is 20.5. The summed E-state index contributed by atoms with van der Waals surface area (Å²) in [7, 11) is 1.56. The highest BCUT2D eigenvalue weighted by Crippen LogP contribution is 2.34. The van der Waals surface area contributed by atoms with E-state index in [0.29, 0.717) is 33.9 Å². The molecule has 11 heteroatoms. The Kier molecular flexibility index (Phi) is 7.55. The first-order valence-corrected chi connectivity index (χ1v) is 13.0. The molecule has 0 aliphatic carbocycles. The van der Waals surface area contributed by atoms with Crippen LogP contribution in [0.1, 0.15) is 24.2 Å². The Balaban J connectivity index is 1.25. The summed E-state index contributed by atoms with van der Waals surface area (Å²) < 4.78 is 10.4. The molecule has 1 atom stereocenters. The van der Waals surface area contributed by atoms with Gasteiger partial charge in [-0.25, -0.2) is 9.89 Å². The van der Waals surface area contributed by atoms with Crippen molar-refractivity contribution in [2.75, 3.05) is 18.2 Å². The number of amides is 3. The fourth-order valence-electron chi connectivity index (χ4n) is 4.07. The van der Waals surface area contributed by atoms with Gasteiger partial charge >= 0.3 is 0 Å². The molecule has 3 heterocycles. The van der Waals surface area contributed by atoms with Crippen molar-refractivity contribution < 1.29 is 23.5 Å². The van der Waals surface area contributed by atoms with Crippen LogP contribution in [0.15, 0.2) is 81.3 Å². The molecule has 0 fully saturated rings. The number of carbonyl (C=O) groups excluding carboxylic acids is 3. The van der Waals surface area contributed by atoms with Gasteiger partial charge in [0.05, 0.1) is 31.4 Å². The van der Waals surface area contributed by atoms with E-state index in [1.807, 2.05) is 24.3 Å². The smallest absolute Gasteiger partial charge is 0.259 e. The lowest BCUT2D eigenvalue weighted by molar-refractivity contribution is -0.125. The molecule has 0 spiro atoms. The van der Waals surface area contributed by atoms with Gasteiger partial charge in [-0.3, -0.25) is 19.4 Å². The molecule has 10 nitrogen and oxygen atoms in total. The van der Waals surface area contributed by atoms with Gasteiger partial charge in [-0.2, -0.15) is 0 Å². The van der Waals surface area contributed by atoms with E-state index in [4.69, 9.17) is 9.15 Å². The number of hydrogen-bond donors (Lipinski definition) is 2. The molecule has 0 saturated heterocycles. The molecule has 2 aliphatic heterocycles. The third-order valence-electron chi connectivity index (χ3n) is 5.92. The van der Waals surface area contributed by atoms with E-state index in [-0.39, 0.29) is 42.9 Å². The molecule has 38 heavy (non-hydrogen) atoms. The Hall–Kier alpha value is -4.38. The van der Waals surface area contributed by atoms with Gasteiger partial charge in [-0.1, -0.05) is 30.0 Å². The second kappa shape index (κ2) is 11.3. The summed E-state index contributed by atoms with van der Waals surface area (Å²) in [5.41, 5.74) is 2.01. The van der Waals surface area contributed by atoms with Crippen LogP contribution in [0.2, 0.25) is 0 Å². The summed E-state index contributed by atoms with van der Waals surface area (Å²) in [6.07, 6.45) is 1.92. The Morgan fingerprint density at radius 2 is 1.97 bits per heavy atom. The number of rotatable bonds is 9. The molecule has 0 unspecified atom stereocenters. The molecule has 0 saturated carbocycles. The number of aliphatic imine (C=N–C) groups is 2. The second-order valence-electron chi connectivity index (χ2n) is 8.52. The maximum absolute atomic E-state index is 13.4. The Bertz CT molecular complexity index is 1420. The number of amidine groups is 2. The summed E-state index contributed by atoms with van der Waals surface area (Å²) in [5.74, 6) is 1.09. The fraction of sp³-hybridized carbons (Fsp3) is 0.222. The van der Waals surface area contributed by atoms with Crippen molar-refractivity contribution in [1.29, 1.82) is 0 Å². The molecule has 5 rings (SSSR count). The van der Waals surface area contributed by atoms with Crippen molar-refractivity contribution in [2.24, 2.45) is 9.98 Å². The monoisotopic (exact) mass is 531 g/mol. The van der Waals surface area contributed by atoms with Gasteiger partial charge in [0.15, 0.2) is 5.17 Å². The number of thioether (sulfide) groups is 1. The number of furan rings is 1. The summed E-state index contributed by atoms with van der Waals surface area (Å²) in [6.45, 7) is 0.281. The third-order valence-corrected chi connectivity index (χ3v) is 6.86. The van der Waals surface area contributed by atoms with Gasteiger partial charge < -0.3 is 19.8 Å². The van der Waals surface area contributed by atoms with Gasteiger partial charge in [-0.15, -0.1) is 0 Å². The van der Waals surface area contributed by atoms with E-state index in [2.05, 4.69) is 20.6 Å². The minimum atomic E-state index is -0.720. The van der Waals surface area contributed by atoms with Gasteiger partial charge in [0.25, 0.3) is 5.91 Å². The van der Waals surface area contributed by atoms with Crippen LogP contribution in [0.5, 0.6) is 5.75 Å². The first-order chi connectivity index (χ1) is 18.5. The van der Waals surface area contributed by atoms with E-state index in [9.17, 15) is 14.4 Å². The van der Waals surface area contributed by atoms with E-state index in [1.54, 1.807) is 49.8 Å². The van der Waals surface area contributed by atoms with Crippen LogP contribution in [0, 0.1) is 0 Å². The molecule has 2 aromatic carbocycles. The zero-order chi connectivity index (χ0) is 26.5. The number of benzene rings is 2. The molecule has 2 aliphatic rings. The van der Waals surface area contributed by atoms with Gasteiger partial charge in [0.1, 0.15) is 23.4 Å². The van der Waals surface area contributed by atoms with Gasteiger partial charge in [0, 0.05) is 23.7 Å². The van der Waals surface area contributed by atoms with E-state index in [0.717, 1.165) is 17.3 Å². The first kappa shape index (κ1) is 25.3. The van der Waals surface area contributed by atoms with Gasteiger partial charge in [-0.05, 0) is 42.8 Å². The van der Waals surface area contributed by atoms with Crippen LogP contribution in [-0.4, -0.2) is 52.5 Å². The van der Waals surface area contributed by atoms with Crippen molar-refractivity contribution in [3.63, 3.8) is 0 Å². The summed E-state index contributed by atoms with van der Waals surface area (Å²) in [6, 6.07) is 17.3. The van der Waals surface area contributed by atoms with Crippen LogP contribution >= 0.6 is 11.8 Å². The number of carbonyl (C=O) groups is 3. The predicted octanol–water partition coefficient (Wildman–Crippen LogP) is 3.72. The standard InChI is InChI=1S/C27H25N5O5S/c1-36-18-7-4-6-17(14-18)29-24(34)16-38-27-31-21-10-3-2-9-20(21)25-30-22(26(35)32(25)27)11-12-23(33)28-15-19-8-5-13-37-19/h2-10,13-14,22H,11-12,15-16H2,1H3,(H,28,33)(H,29,34)/t22-/m1/s1. The van der Waals surface area contributed by atoms with Crippen molar-refractivity contribution in [2.45, 2.75) is 25.4 Å². The average Bonchev–Trinajstić information content (AvgIpc) is 3.57. The number of ether oxygens (including phenoxy) is 1. The number of methoxy groups -OCH3 is 1. The highest BCUT2D eigenvalue weighted by atomic mass is 32.2. The number of nitrogens with zero attached hydrogens (tertiary/aromatic N) is 3. The van der Waals surface area contributed by atoms with Crippen LogP contribution in [0.25, 0.3) is 0 Å². The first-order valence-electron chi connectivity index (χ1n) is 12.0. The maximum Gasteiger partial charge on any atom is 0.259 e. The molecule has 2 N–H and O–H groups in total. The minimum Gasteiger partial charge on any atom is -0.497 e.